The number of hydrogen-bond acceptors (Lipinski definition) is 2. The summed E-state index contributed by atoms with van der Waals surface area (Å²) in [7, 11) is 0. The monoisotopic (exact) mass is 263 g/mol. The van der Waals surface area contributed by atoms with E-state index in [2.05, 4.69) is 50.4 Å². The SMILES string of the molecule is CC(C)C1CCCCC1NCc1ccn(C(C)C)n1. The molecule has 1 N–H and O–H groups in total. The van der Waals surface area contributed by atoms with Crippen molar-refractivity contribution in [2.24, 2.45) is 11.8 Å². The fourth-order valence-corrected chi connectivity index (χ4v) is 3.21. The highest BCUT2D eigenvalue weighted by molar-refractivity contribution is 5.00. The molecular weight excluding hydrogens is 234 g/mol. The third-order valence-electron chi connectivity index (χ3n) is 4.41. The Hall–Kier alpha value is -0.830. The fourth-order valence-electron chi connectivity index (χ4n) is 3.21. The zero-order chi connectivity index (χ0) is 13.8. The molecule has 2 atom stereocenters. The first-order valence-corrected chi connectivity index (χ1v) is 7.85. The molecule has 0 aliphatic heterocycles. The van der Waals surface area contributed by atoms with Gasteiger partial charge in [-0.3, -0.25) is 4.68 Å². The average Bonchev–Trinajstić information content (AvgIpc) is 2.85. The first-order chi connectivity index (χ1) is 9.08. The Bertz CT molecular complexity index is 381. The summed E-state index contributed by atoms with van der Waals surface area (Å²) < 4.78 is 2.04. The lowest BCUT2D eigenvalue weighted by atomic mass is 9.78. The molecule has 1 heterocycles. The van der Waals surface area contributed by atoms with E-state index in [1.165, 1.54) is 31.4 Å². The van der Waals surface area contributed by atoms with Crippen LogP contribution in [0.1, 0.15) is 65.1 Å². The van der Waals surface area contributed by atoms with E-state index in [1.807, 2.05) is 4.68 Å². The second kappa shape index (κ2) is 6.56. The Labute approximate surface area is 117 Å². The lowest BCUT2D eigenvalue weighted by Crippen LogP contribution is -2.40. The van der Waals surface area contributed by atoms with Crippen LogP contribution in [-0.2, 0) is 6.54 Å². The minimum atomic E-state index is 0.451. The molecule has 0 amide bonds. The van der Waals surface area contributed by atoms with Crippen molar-refractivity contribution < 1.29 is 0 Å². The molecule has 1 fully saturated rings. The molecule has 3 nitrogen and oxygen atoms in total. The quantitative estimate of drug-likeness (QED) is 0.876. The van der Waals surface area contributed by atoms with Crippen molar-refractivity contribution in [1.29, 1.82) is 0 Å². The number of rotatable bonds is 5. The van der Waals surface area contributed by atoms with Gasteiger partial charge in [0.2, 0.25) is 0 Å². The maximum atomic E-state index is 4.62. The zero-order valence-corrected chi connectivity index (χ0v) is 12.9. The topological polar surface area (TPSA) is 29.9 Å². The van der Waals surface area contributed by atoms with Crippen molar-refractivity contribution >= 4 is 0 Å². The predicted molar refractivity (Wildman–Crippen MR) is 80.0 cm³/mol. The minimum absolute atomic E-state index is 0.451. The average molecular weight is 263 g/mol. The number of hydrogen-bond donors (Lipinski definition) is 1. The molecule has 3 heteroatoms. The Balaban J connectivity index is 1.89. The number of aromatic nitrogens is 2. The van der Waals surface area contributed by atoms with Crippen LogP contribution in [0.25, 0.3) is 0 Å². The molecular formula is C16H29N3. The first kappa shape index (κ1) is 14.6. The predicted octanol–water partition coefficient (Wildman–Crippen LogP) is 3.77. The third kappa shape index (κ3) is 3.82. The van der Waals surface area contributed by atoms with Crippen LogP contribution in [-0.4, -0.2) is 15.8 Å². The molecule has 0 saturated heterocycles. The van der Waals surface area contributed by atoms with Gasteiger partial charge in [-0.1, -0.05) is 26.7 Å². The lowest BCUT2D eigenvalue weighted by molar-refractivity contribution is 0.204. The highest BCUT2D eigenvalue weighted by Crippen LogP contribution is 2.30. The molecule has 1 saturated carbocycles. The van der Waals surface area contributed by atoms with Crippen molar-refractivity contribution in [3.8, 4) is 0 Å². The molecule has 2 rings (SSSR count). The maximum absolute atomic E-state index is 4.62. The van der Waals surface area contributed by atoms with Gasteiger partial charge < -0.3 is 5.32 Å². The van der Waals surface area contributed by atoms with Crippen molar-refractivity contribution in [3.63, 3.8) is 0 Å². The highest BCUT2D eigenvalue weighted by atomic mass is 15.3. The van der Waals surface area contributed by atoms with Crippen LogP contribution in [0.4, 0.5) is 0 Å². The molecule has 2 unspecified atom stereocenters. The van der Waals surface area contributed by atoms with Crippen molar-refractivity contribution in [1.82, 2.24) is 15.1 Å². The molecule has 1 aromatic heterocycles. The summed E-state index contributed by atoms with van der Waals surface area (Å²) in [6.07, 6.45) is 7.58. The molecule has 108 valence electrons. The van der Waals surface area contributed by atoms with Gasteiger partial charge >= 0.3 is 0 Å². The third-order valence-corrected chi connectivity index (χ3v) is 4.41. The zero-order valence-electron chi connectivity index (χ0n) is 12.9. The summed E-state index contributed by atoms with van der Waals surface area (Å²) in [6.45, 7) is 9.96. The minimum Gasteiger partial charge on any atom is -0.308 e. The summed E-state index contributed by atoms with van der Waals surface area (Å²) in [4.78, 5) is 0. The van der Waals surface area contributed by atoms with E-state index in [0.717, 1.165) is 18.4 Å². The Kier molecular flexibility index (Phi) is 5.03. The van der Waals surface area contributed by atoms with Crippen LogP contribution >= 0.6 is 0 Å². The number of nitrogens with one attached hydrogen (secondary N) is 1. The van der Waals surface area contributed by atoms with Crippen molar-refractivity contribution in [2.45, 2.75) is 72.0 Å². The van der Waals surface area contributed by atoms with Crippen LogP contribution in [0.3, 0.4) is 0 Å². The van der Waals surface area contributed by atoms with Gasteiger partial charge in [-0.25, -0.2) is 0 Å². The first-order valence-electron chi connectivity index (χ1n) is 7.85. The van der Waals surface area contributed by atoms with E-state index in [0.29, 0.717) is 12.1 Å². The summed E-state index contributed by atoms with van der Waals surface area (Å²) in [5, 5.41) is 8.36. The molecule has 0 spiro atoms. The van der Waals surface area contributed by atoms with E-state index >= 15 is 0 Å². The molecule has 1 aliphatic rings. The van der Waals surface area contributed by atoms with Crippen molar-refractivity contribution in [2.75, 3.05) is 0 Å². The smallest absolute Gasteiger partial charge is 0.0762 e. The van der Waals surface area contributed by atoms with Crippen LogP contribution in [0, 0.1) is 11.8 Å². The summed E-state index contributed by atoms with van der Waals surface area (Å²) in [6, 6.07) is 3.27. The van der Waals surface area contributed by atoms with Crippen molar-refractivity contribution in [3.05, 3.63) is 18.0 Å². The largest absolute Gasteiger partial charge is 0.308 e. The van der Waals surface area contributed by atoms with E-state index < -0.39 is 0 Å². The standard InChI is InChI=1S/C16H29N3/c1-12(2)15-7-5-6-8-16(15)17-11-14-9-10-19(18-14)13(3)4/h9-10,12-13,15-17H,5-8,11H2,1-4H3. The summed E-state index contributed by atoms with van der Waals surface area (Å²) in [5.41, 5.74) is 1.17. The maximum Gasteiger partial charge on any atom is 0.0762 e. The van der Waals surface area contributed by atoms with Gasteiger partial charge in [-0.15, -0.1) is 0 Å². The van der Waals surface area contributed by atoms with Gasteiger partial charge in [0, 0.05) is 24.8 Å². The Morgan fingerprint density at radius 3 is 2.63 bits per heavy atom. The van der Waals surface area contributed by atoms with Gasteiger partial charge in [-0.05, 0) is 44.6 Å². The molecule has 1 aliphatic carbocycles. The van der Waals surface area contributed by atoms with Crippen LogP contribution < -0.4 is 5.32 Å². The Morgan fingerprint density at radius 1 is 1.26 bits per heavy atom. The van der Waals surface area contributed by atoms with E-state index in [-0.39, 0.29) is 0 Å². The second-order valence-corrected chi connectivity index (χ2v) is 6.56. The molecule has 0 bridgehead atoms. The summed E-state index contributed by atoms with van der Waals surface area (Å²) in [5.74, 6) is 1.62. The van der Waals surface area contributed by atoms with Gasteiger partial charge in [0.25, 0.3) is 0 Å². The Morgan fingerprint density at radius 2 is 2.00 bits per heavy atom. The highest BCUT2D eigenvalue weighted by Gasteiger charge is 2.27. The van der Waals surface area contributed by atoms with Gasteiger partial charge in [-0.2, -0.15) is 5.10 Å². The molecule has 0 aromatic carbocycles. The van der Waals surface area contributed by atoms with E-state index in [9.17, 15) is 0 Å². The van der Waals surface area contributed by atoms with E-state index in [4.69, 9.17) is 0 Å². The fraction of sp³-hybridized carbons (Fsp3) is 0.812. The molecule has 19 heavy (non-hydrogen) atoms. The van der Waals surface area contributed by atoms with E-state index in [1.54, 1.807) is 0 Å². The summed E-state index contributed by atoms with van der Waals surface area (Å²) >= 11 is 0. The molecule has 1 aromatic rings. The second-order valence-electron chi connectivity index (χ2n) is 6.56. The lowest BCUT2D eigenvalue weighted by Gasteiger charge is -2.35. The molecule has 0 radical (unpaired) electrons. The van der Waals surface area contributed by atoms with Gasteiger partial charge in [0.1, 0.15) is 0 Å². The normalized spacial score (nSPS) is 24.3. The van der Waals surface area contributed by atoms with Gasteiger partial charge in [0.15, 0.2) is 0 Å². The van der Waals surface area contributed by atoms with Gasteiger partial charge in [0.05, 0.1) is 5.69 Å². The number of nitrogens with zero attached hydrogens (tertiary/aromatic N) is 2. The van der Waals surface area contributed by atoms with Crippen LogP contribution in [0.2, 0.25) is 0 Å². The van der Waals surface area contributed by atoms with Crippen LogP contribution in [0.5, 0.6) is 0 Å². The van der Waals surface area contributed by atoms with Crippen LogP contribution in [0.15, 0.2) is 12.3 Å².